The largest absolute Gasteiger partial charge is 0.325 e. The Morgan fingerprint density at radius 3 is 2.62 bits per heavy atom. The molecule has 8 nitrogen and oxygen atoms in total. The van der Waals surface area contributed by atoms with E-state index in [9.17, 15) is 14.4 Å². The Kier molecular flexibility index (Phi) is 4.81. The number of hydrogen-bond acceptors (Lipinski definition) is 6. The summed E-state index contributed by atoms with van der Waals surface area (Å²) in [4.78, 5) is 47.1. The zero-order valence-electron chi connectivity index (χ0n) is 15.5. The van der Waals surface area contributed by atoms with Gasteiger partial charge in [-0.05, 0) is 24.6 Å². The summed E-state index contributed by atoms with van der Waals surface area (Å²) in [6.07, 6.45) is 1.66. The molecular weight excluding hydrogens is 390 g/mol. The number of hydrogen-bond donors (Lipinski definition) is 2. The summed E-state index contributed by atoms with van der Waals surface area (Å²) in [5.74, 6) is -0.982. The molecule has 1 aliphatic rings. The van der Waals surface area contributed by atoms with Gasteiger partial charge >= 0.3 is 6.03 Å². The highest BCUT2D eigenvalue weighted by molar-refractivity contribution is 7.14. The SMILES string of the molecule is CC1(c2ccccc2)NC(=O)N(CC(=O)Nc2nc(-c3ccccn3)cs2)C1=O. The molecule has 1 unspecified atom stereocenters. The van der Waals surface area contributed by atoms with Gasteiger partial charge in [-0.1, -0.05) is 36.4 Å². The first-order valence-corrected chi connectivity index (χ1v) is 9.72. The predicted molar refractivity (Wildman–Crippen MR) is 108 cm³/mol. The fraction of sp³-hybridized carbons (Fsp3) is 0.150. The molecule has 1 atom stereocenters. The Hall–Kier alpha value is -3.59. The van der Waals surface area contributed by atoms with Gasteiger partial charge in [-0.15, -0.1) is 11.3 Å². The van der Waals surface area contributed by atoms with E-state index in [1.165, 1.54) is 11.3 Å². The fourth-order valence-electron chi connectivity index (χ4n) is 3.07. The van der Waals surface area contributed by atoms with E-state index in [0.29, 0.717) is 22.1 Å². The highest BCUT2D eigenvalue weighted by atomic mass is 32.1. The Morgan fingerprint density at radius 2 is 1.90 bits per heavy atom. The van der Waals surface area contributed by atoms with Crippen LogP contribution in [0.2, 0.25) is 0 Å². The maximum Gasteiger partial charge on any atom is 0.325 e. The molecule has 1 aromatic carbocycles. The summed E-state index contributed by atoms with van der Waals surface area (Å²) in [7, 11) is 0. The number of carbonyl (C=O) groups excluding carboxylic acids is 3. The van der Waals surface area contributed by atoms with Crippen molar-refractivity contribution >= 4 is 34.3 Å². The second-order valence-electron chi connectivity index (χ2n) is 6.61. The summed E-state index contributed by atoms with van der Waals surface area (Å²) in [6.45, 7) is 1.23. The van der Waals surface area contributed by atoms with Crippen LogP contribution in [0.15, 0.2) is 60.1 Å². The molecule has 0 saturated carbocycles. The molecule has 0 bridgehead atoms. The number of urea groups is 1. The van der Waals surface area contributed by atoms with E-state index >= 15 is 0 Å². The van der Waals surface area contributed by atoms with Crippen LogP contribution in [-0.4, -0.2) is 39.3 Å². The highest BCUT2D eigenvalue weighted by Gasteiger charge is 2.49. The third kappa shape index (κ3) is 3.59. The average molecular weight is 407 g/mol. The van der Waals surface area contributed by atoms with Crippen molar-refractivity contribution in [2.45, 2.75) is 12.5 Å². The van der Waals surface area contributed by atoms with E-state index in [4.69, 9.17) is 0 Å². The van der Waals surface area contributed by atoms with Crippen molar-refractivity contribution in [1.29, 1.82) is 0 Å². The molecular formula is C20H17N5O3S. The van der Waals surface area contributed by atoms with Crippen LogP contribution in [0.1, 0.15) is 12.5 Å². The first-order valence-electron chi connectivity index (χ1n) is 8.84. The number of amides is 4. The quantitative estimate of drug-likeness (QED) is 0.633. The van der Waals surface area contributed by atoms with Gasteiger partial charge in [0.05, 0.1) is 5.69 Å². The number of imide groups is 1. The molecule has 4 amide bonds. The summed E-state index contributed by atoms with van der Waals surface area (Å²) < 4.78 is 0. The Balaban J connectivity index is 1.44. The maximum atomic E-state index is 12.9. The van der Waals surface area contributed by atoms with Crippen LogP contribution in [0.3, 0.4) is 0 Å². The van der Waals surface area contributed by atoms with E-state index in [2.05, 4.69) is 20.6 Å². The van der Waals surface area contributed by atoms with Gasteiger partial charge < -0.3 is 10.6 Å². The highest BCUT2D eigenvalue weighted by Crippen LogP contribution is 2.28. The van der Waals surface area contributed by atoms with E-state index in [-0.39, 0.29) is 0 Å². The fourth-order valence-corrected chi connectivity index (χ4v) is 3.79. The van der Waals surface area contributed by atoms with Crippen LogP contribution in [0.5, 0.6) is 0 Å². The Labute approximate surface area is 170 Å². The molecule has 1 saturated heterocycles. The van der Waals surface area contributed by atoms with Gasteiger partial charge in [0, 0.05) is 11.6 Å². The standard InChI is InChI=1S/C20H17N5O3S/c1-20(13-7-3-2-4-8-13)17(27)25(19(28)24-20)11-16(26)23-18-22-15(12-29-18)14-9-5-6-10-21-14/h2-10,12H,11H2,1H3,(H,24,28)(H,22,23,26). The number of nitrogens with zero attached hydrogens (tertiary/aromatic N) is 3. The predicted octanol–water partition coefficient (Wildman–Crippen LogP) is 2.61. The molecule has 0 spiro atoms. The van der Waals surface area contributed by atoms with Gasteiger partial charge in [-0.25, -0.2) is 9.78 Å². The van der Waals surface area contributed by atoms with Gasteiger partial charge in [0.1, 0.15) is 17.8 Å². The van der Waals surface area contributed by atoms with Crippen molar-refractivity contribution in [3.05, 3.63) is 65.7 Å². The van der Waals surface area contributed by atoms with E-state index < -0.39 is 29.9 Å². The molecule has 29 heavy (non-hydrogen) atoms. The van der Waals surface area contributed by atoms with Crippen LogP contribution < -0.4 is 10.6 Å². The molecule has 2 aromatic heterocycles. The zero-order chi connectivity index (χ0) is 20.4. The summed E-state index contributed by atoms with van der Waals surface area (Å²) in [5.41, 5.74) is 0.780. The first-order chi connectivity index (χ1) is 14.0. The minimum Gasteiger partial charge on any atom is -0.319 e. The number of thiazole rings is 1. The Bertz CT molecular complexity index is 1070. The number of carbonyl (C=O) groups is 3. The lowest BCUT2D eigenvalue weighted by molar-refractivity contribution is -0.133. The Morgan fingerprint density at radius 1 is 1.14 bits per heavy atom. The van der Waals surface area contributed by atoms with Crippen LogP contribution in [0.4, 0.5) is 9.93 Å². The van der Waals surface area contributed by atoms with Crippen molar-refractivity contribution in [2.75, 3.05) is 11.9 Å². The third-order valence-electron chi connectivity index (χ3n) is 4.61. The lowest BCUT2D eigenvalue weighted by Crippen LogP contribution is -2.42. The molecule has 3 heterocycles. The number of pyridine rings is 1. The first kappa shape index (κ1) is 18.8. The van der Waals surface area contributed by atoms with E-state index in [1.54, 1.807) is 48.8 Å². The molecule has 146 valence electrons. The van der Waals surface area contributed by atoms with Crippen LogP contribution in [-0.2, 0) is 15.1 Å². The molecule has 4 rings (SSSR count). The number of nitrogens with one attached hydrogen (secondary N) is 2. The van der Waals surface area contributed by atoms with Gasteiger partial charge in [-0.2, -0.15) is 0 Å². The van der Waals surface area contributed by atoms with Gasteiger partial charge in [0.15, 0.2) is 5.13 Å². The topological polar surface area (TPSA) is 104 Å². The number of anilines is 1. The molecule has 1 aliphatic heterocycles. The molecule has 0 radical (unpaired) electrons. The van der Waals surface area contributed by atoms with Crippen molar-refractivity contribution in [3.63, 3.8) is 0 Å². The monoisotopic (exact) mass is 407 g/mol. The minimum absolute atomic E-state index is 0.369. The number of benzene rings is 1. The van der Waals surface area contributed by atoms with Crippen LogP contribution >= 0.6 is 11.3 Å². The average Bonchev–Trinajstić information content (AvgIpc) is 3.28. The van der Waals surface area contributed by atoms with Crippen molar-refractivity contribution in [2.24, 2.45) is 0 Å². The van der Waals surface area contributed by atoms with E-state index in [0.717, 1.165) is 4.90 Å². The number of aromatic nitrogens is 2. The number of rotatable bonds is 5. The van der Waals surface area contributed by atoms with Gasteiger partial charge in [0.25, 0.3) is 5.91 Å². The van der Waals surface area contributed by atoms with Crippen molar-refractivity contribution < 1.29 is 14.4 Å². The maximum absolute atomic E-state index is 12.9. The lowest BCUT2D eigenvalue weighted by atomic mass is 9.92. The minimum atomic E-state index is -1.20. The summed E-state index contributed by atoms with van der Waals surface area (Å²) in [5, 5.41) is 7.46. The third-order valence-corrected chi connectivity index (χ3v) is 5.36. The molecule has 9 heteroatoms. The van der Waals surface area contributed by atoms with E-state index in [1.807, 2.05) is 18.2 Å². The van der Waals surface area contributed by atoms with Gasteiger partial charge in [0.2, 0.25) is 5.91 Å². The normalized spacial score (nSPS) is 18.6. The van der Waals surface area contributed by atoms with Crippen LogP contribution in [0.25, 0.3) is 11.4 Å². The van der Waals surface area contributed by atoms with Crippen molar-refractivity contribution in [1.82, 2.24) is 20.2 Å². The second-order valence-corrected chi connectivity index (χ2v) is 7.47. The summed E-state index contributed by atoms with van der Waals surface area (Å²) >= 11 is 1.24. The second kappa shape index (κ2) is 7.44. The molecule has 2 N–H and O–H groups in total. The van der Waals surface area contributed by atoms with Gasteiger partial charge in [-0.3, -0.25) is 19.5 Å². The van der Waals surface area contributed by atoms with Crippen LogP contribution in [0, 0.1) is 0 Å². The zero-order valence-corrected chi connectivity index (χ0v) is 16.3. The lowest BCUT2D eigenvalue weighted by Gasteiger charge is -2.21. The molecule has 3 aromatic rings. The smallest absolute Gasteiger partial charge is 0.319 e. The molecule has 0 aliphatic carbocycles. The summed E-state index contributed by atoms with van der Waals surface area (Å²) in [6, 6.07) is 13.8. The molecule has 1 fully saturated rings. The van der Waals surface area contributed by atoms with Crippen molar-refractivity contribution in [3.8, 4) is 11.4 Å².